The molecule has 88 valence electrons. The van der Waals surface area contributed by atoms with E-state index in [4.69, 9.17) is 11.6 Å². The molecular formula is C11H9ClIN3O. The first-order valence-electron chi connectivity index (χ1n) is 4.99. The predicted molar refractivity (Wildman–Crippen MR) is 74.2 cm³/mol. The summed E-state index contributed by atoms with van der Waals surface area (Å²) in [6.07, 6.45) is 3.90. The Balaban J connectivity index is 2.16. The van der Waals surface area contributed by atoms with Gasteiger partial charge in [0, 0.05) is 24.9 Å². The van der Waals surface area contributed by atoms with Gasteiger partial charge >= 0.3 is 0 Å². The Bertz CT molecular complexity index is 571. The van der Waals surface area contributed by atoms with Crippen LogP contribution in [0.15, 0.2) is 35.5 Å². The average Bonchev–Trinajstić information content (AvgIpc) is 2.36. The maximum absolute atomic E-state index is 11.8. The molecule has 0 bridgehead atoms. The number of hydrogen-bond acceptors (Lipinski definition) is 3. The molecule has 2 aromatic rings. The molecular weight excluding hydrogens is 352 g/mol. The van der Waals surface area contributed by atoms with Crippen LogP contribution < -0.4 is 5.56 Å². The highest BCUT2D eigenvalue weighted by Crippen LogP contribution is 2.09. The van der Waals surface area contributed by atoms with Crippen LogP contribution in [-0.2, 0) is 13.0 Å². The van der Waals surface area contributed by atoms with Crippen molar-refractivity contribution in [3.63, 3.8) is 0 Å². The van der Waals surface area contributed by atoms with Gasteiger partial charge in [-0.05, 0) is 34.7 Å². The van der Waals surface area contributed by atoms with Crippen molar-refractivity contribution in [1.82, 2.24) is 14.5 Å². The molecule has 0 radical (unpaired) electrons. The first-order chi connectivity index (χ1) is 8.18. The maximum Gasteiger partial charge on any atom is 0.268 e. The fourth-order valence-electron chi connectivity index (χ4n) is 1.38. The second-order valence-electron chi connectivity index (χ2n) is 3.42. The van der Waals surface area contributed by atoms with Crippen LogP contribution in [0.3, 0.4) is 0 Å². The highest BCUT2D eigenvalue weighted by molar-refractivity contribution is 14.1. The largest absolute Gasteiger partial charge is 0.298 e. The lowest BCUT2D eigenvalue weighted by Crippen LogP contribution is -2.24. The zero-order chi connectivity index (χ0) is 12.3. The van der Waals surface area contributed by atoms with Gasteiger partial charge in [0.2, 0.25) is 0 Å². The highest BCUT2D eigenvalue weighted by atomic mass is 127. The summed E-state index contributed by atoms with van der Waals surface area (Å²) in [6, 6.07) is 5.72. The van der Waals surface area contributed by atoms with Crippen molar-refractivity contribution < 1.29 is 0 Å². The van der Waals surface area contributed by atoms with Gasteiger partial charge in [-0.2, -0.15) is 0 Å². The van der Waals surface area contributed by atoms with Crippen LogP contribution in [0.4, 0.5) is 0 Å². The lowest BCUT2D eigenvalue weighted by molar-refractivity contribution is 0.643. The number of rotatable bonds is 3. The molecule has 6 heteroatoms. The van der Waals surface area contributed by atoms with Gasteiger partial charge in [-0.3, -0.25) is 14.3 Å². The Kier molecular flexibility index (Phi) is 4.11. The van der Waals surface area contributed by atoms with E-state index in [9.17, 15) is 4.79 Å². The van der Waals surface area contributed by atoms with Gasteiger partial charge < -0.3 is 0 Å². The molecule has 0 aliphatic heterocycles. The average molecular weight is 362 g/mol. The number of nitrogens with zero attached hydrogens (tertiary/aromatic N) is 3. The third-order valence-corrected chi connectivity index (χ3v) is 3.85. The number of pyridine rings is 1. The number of hydrogen-bond donors (Lipinski definition) is 0. The Morgan fingerprint density at radius 1 is 1.35 bits per heavy atom. The molecule has 0 saturated heterocycles. The van der Waals surface area contributed by atoms with Crippen molar-refractivity contribution >= 4 is 34.2 Å². The van der Waals surface area contributed by atoms with Crippen molar-refractivity contribution in [1.29, 1.82) is 0 Å². The van der Waals surface area contributed by atoms with Crippen LogP contribution in [0.1, 0.15) is 5.69 Å². The van der Waals surface area contributed by atoms with Crippen molar-refractivity contribution in [3.8, 4) is 0 Å². The molecule has 0 amide bonds. The SMILES string of the molecule is O=c1c(I)c(Cl)ncn1CCc1ccccn1. The minimum Gasteiger partial charge on any atom is -0.298 e. The quantitative estimate of drug-likeness (QED) is 0.622. The summed E-state index contributed by atoms with van der Waals surface area (Å²) in [5.41, 5.74) is 0.839. The molecule has 0 unspecified atom stereocenters. The van der Waals surface area contributed by atoms with Crippen LogP contribution in [0.5, 0.6) is 0 Å². The van der Waals surface area contributed by atoms with Crippen LogP contribution >= 0.6 is 34.2 Å². The van der Waals surface area contributed by atoms with Crippen molar-refractivity contribution in [3.05, 3.63) is 55.5 Å². The smallest absolute Gasteiger partial charge is 0.268 e. The minimum absolute atomic E-state index is 0.110. The summed E-state index contributed by atoms with van der Waals surface area (Å²) in [4.78, 5) is 20.0. The maximum atomic E-state index is 11.8. The molecule has 2 heterocycles. The third-order valence-electron chi connectivity index (χ3n) is 2.28. The van der Waals surface area contributed by atoms with Crippen molar-refractivity contribution in [2.75, 3.05) is 0 Å². The predicted octanol–water partition coefficient (Wildman–Crippen LogP) is 2.14. The molecule has 0 N–H and O–H groups in total. The van der Waals surface area contributed by atoms with E-state index < -0.39 is 0 Å². The van der Waals surface area contributed by atoms with Crippen molar-refractivity contribution in [2.24, 2.45) is 0 Å². The highest BCUT2D eigenvalue weighted by Gasteiger charge is 2.06. The molecule has 0 aliphatic carbocycles. The van der Waals surface area contributed by atoms with E-state index in [1.165, 1.54) is 6.33 Å². The zero-order valence-electron chi connectivity index (χ0n) is 8.81. The monoisotopic (exact) mass is 361 g/mol. The number of halogens is 2. The van der Waals surface area contributed by atoms with E-state index in [0.29, 0.717) is 16.5 Å². The first kappa shape index (κ1) is 12.5. The second-order valence-corrected chi connectivity index (χ2v) is 4.86. The van der Waals surface area contributed by atoms with E-state index in [-0.39, 0.29) is 10.7 Å². The van der Waals surface area contributed by atoms with Crippen LogP contribution in [0.25, 0.3) is 0 Å². The molecule has 0 fully saturated rings. The summed E-state index contributed by atoms with van der Waals surface area (Å²) < 4.78 is 2.00. The van der Waals surface area contributed by atoms with E-state index in [1.54, 1.807) is 10.8 Å². The van der Waals surface area contributed by atoms with Gasteiger partial charge in [-0.15, -0.1) is 0 Å². The topological polar surface area (TPSA) is 47.8 Å². The first-order valence-corrected chi connectivity index (χ1v) is 6.44. The van der Waals surface area contributed by atoms with E-state index >= 15 is 0 Å². The second kappa shape index (κ2) is 5.59. The lowest BCUT2D eigenvalue weighted by atomic mass is 10.3. The van der Waals surface area contributed by atoms with E-state index in [0.717, 1.165) is 5.69 Å². The molecule has 0 aliphatic rings. The van der Waals surface area contributed by atoms with Gasteiger partial charge in [0.1, 0.15) is 8.72 Å². The van der Waals surface area contributed by atoms with Crippen LogP contribution in [0, 0.1) is 3.57 Å². The lowest BCUT2D eigenvalue weighted by Gasteiger charge is -2.05. The normalized spacial score (nSPS) is 10.5. The van der Waals surface area contributed by atoms with Crippen LogP contribution in [-0.4, -0.2) is 14.5 Å². The van der Waals surface area contributed by atoms with E-state index in [1.807, 2.05) is 40.8 Å². The van der Waals surface area contributed by atoms with Gasteiger partial charge in [0.15, 0.2) is 0 Å². The standard InChI is InChI=1S/C11H9ClIN3O/c12-10-9(13)11(17)16(7-15-10)6-4-8-3-1-2-5-14-8/h1-3,5,7H,4,6H2. The minimum atomic E-state index is -0.110. The fourth-order valence-corrected chi connectivity index (χ4v) is 1.96. The van der Waals surface area contributed by atoms with Gasteiger partial charge in [-0.1, -0.05) is 17.7 Å². The molecule has 0 atom stereocenters. The van der Waals surface area contributed by atoms with Crippen molar-refractivity contribution in [2.45, 2.75) is 13.0 Å². The molecule has 2 aromatic heterocycles. The van der Waals surface area contributed by atoms with Crippen LogP contribution in [0.2, 0.25) is 5.15 Å². The van der Waals surface area contributed by atoms with Gasteiger partial charge in [0.25, 0.3) is 5.56 Å². The third kappa shape index (κ3) is 3.04. The van der Waals surface area contributed by atoms with Gasteiger partial charge in [0.05, 0.1) is 6.33 Å². The Hall–Kier alpha value is -0.950. The molecule has 0 spiro atoms. The molecule has 4 nitrogen and oxygen atoms in total. The number of aryl methyl sites for hydroxylation is 2. The summed E-state index contributed by atoms with van der Waals surface area (Å²) >= 11 is 7.66. The summed E-state index contributed by atoms with van der Waals surface area (Å²) in [6.45, 7) is 0.552. The zero-order valence-corrected chi connectivity index (χ0v) is 11.7. The summed E-state index contributed by atoms with van der Waals surface area (Å²) in [5, 5.41) is 0.254. The molecule has 0 aromatic carbocycles. The summed E-state index contributed by atoms with van der Waals surface area (Å²) in [7, 11) is 0. The summed E-state index contributed by atoms with van der Waals surface area (Å²) in [5.74, 6) is 0. The fraction of sp³-hybridized carbons (Fsp3) is 0.182. The molecule has 17 heavy (non-hydrogen) atoms. The molecule has 0 saturated carbocycles. The van der Waals surface area contributed by atoms with Gasteiger partial charge in [-0.25, -0.2) is 4.98 Å². The van der Waals surface area contributed by atoms with E-state index in [2.05, 4.69) is 9.97 Å². The Morgan fingerprint density at radius 2 is 2.18 bits per heavy atom. The molecule has 2 rings (SSSR count). The Morgan fingerprint density at radius 3 is 2.88 bits per heavy atom. The Labute approximate surface area is 117 Å². The number of aromatic nitrogens is 3.